The minimum absolute atomic E-state index is 0.0720. The number of carbonyl (C=O) groups excluding carboxylic acids is 1. The highest BCUT2D eigenvalue weighted by Gasteiger charge is 2.35. The highest BCUT2D eigenvalue weighted by Crippen LogP contribution is 2.36. The number of halogens is 2. The maximum atomic E-state index is 14.4. The van der Waals surface area contributed by atoms with Crippen molar-refractivity contribution in [3.63, 3.8) is 0 Å². The summed E-state index contributed by atoms with van der Waals surface area (Å²) in [6, 6.07) is 20.2. The van der Waals surface area contributed by atoms with Gasteiger partial charge in [-0.05, 0) is 49.2 Å². The summed E-state index contributed by atoms with van der Waals surface area (Å²) in [7, 11) is 1.54. The molecule has 0 spiro atoms. The first-order chi connectivity index (χ1) is 22.8. The molecule has 2 aromatic heterocycles. The zero-order valence-electron chi connectivity index (χ0n) is 26.2. The van der Waals surface area contributed by atoms with Crippen molar-refractivity contribution in [2.75, 3.05) is 26.9 Å². The second-order valence-electron chi connectivity index (χ2n) is 11.1. The summed E-state index contributed by atoms with van der Waals surface area (Å²) in [5.41, 5.74) is 3.96. The number of nitrogens with zero attached hydrogens (tertiary/aromatic N) is 3. The Bertz CT molecular complexity index is 2180. The summed E-state index contributed by atoms with van der Waals surface area (Å²) in [6.07, 6.45) is 4.71. The van der Waals surface area contributed by atoms with Gasteiger partial charge in [-0.2, -0.15) is 0 Å². The van der Waals surface area contributed by atoms with E-state index in [1.54, 1.807) is 17.6 Å². The molecule has 0 radical (unpaired) electrons. The molecule has 0 unspecified atom stereocenters. The smallest absolute Gasteiger partial charge is 0.338 e. The Balaban J connectivity index is 1.50. The van der Waals surface area contributed by atoms with Crippen LogP contribution >= 0.6 is 34.5 Å². The van der Waals surface area contributed by atoms with Crippen LogP contribution in [0.2, 0.25) is 10.0 Å². The van der Waals surface area contributed by atoms with Gasteiger partial charge in [0.1, 0.15) is 18.4 Å². The standard InChI is InChI=1S/C36H33Cl2N3O5S/c1-4-15-45-30-12-8-6-10-27(30)33-32(35(43)46-17-16-44-3)22(2)39-36-41(33)34(42)31(47-36)18-24-21-40(29-11-7-5-9-26(24)29)20-23-13-14-25(37)19-28(23)38/h5-14,18-19,21,33H,4,15-17,20H2,1-3H3/b31-18+/t33-/m0/s1. The molecule has 47 heavy (non-hydrogen) atoms. The summed E-state index contributed by atoms with van der Waals surface area (Å²) in [4.78, 5) is 33.2. The van der Waals surface area contributed by atoms with Crippen LogP contribution in [0, 0.1) is 0 Å². The van der Waals surface area contributed by atoms with E-state index in [-0.39, 0.29) is 24.3 Å². The van der Waals surface area contributed by atoms with E-state index in [0.717, 1.165) is 28.5 Å². The van der Waals surface area contributed by atoms with E-state index in [2.05, 4.69) is 4.57 Å². The summed E-state index contributed by atoms with van der Waals surface area (Å²) in [5.74, 6) is 0.0338. The average Bonchev–Trinajstić information content (AvgIpc) is 3.56. The molecule has 0 N–H and O–H groups in total. The second kappa shape index (κ2) is 14.3. The topological polar surface area (TPSA) is 84.1 Å². The summed E-state index contributed by atoms with van der Waals surface area (Å²) < 4.78 is 20.9. The van der Waals surface area contributed by atoms with E-state index in [0.29, 0.717) is 49.5 Å². The minimum atomic E-state index is -0.801. The van der Waals surface area contributed by atoms with Crippen molar-refractivity contribution in [2.45, 2.75) is 32.9 Å². The van der Waals surface area contributed by atoms with Crippen molar-refractivity contribution in [3.8, 4) is 5.75 Å². The fourth-order valence-electron chi connectivity index (χ4n) is 5.72. The van der Waals surface area contributed by atoms with Gasteiger partial charge in [0.05, 0.1) is 29.0 Å². The zero-order chi connectivity index (χ0) is 33.1. The molecule has 1 aliphatic heterocycles. The third kappa shape index (κ3) is 6.67. The van der Waals surface area contributed by atoms with E-state index in [1.807, 2.05) is 79.9 Å². The van der Waals surface area contributed by atoms with E-state index >= 15 is 0 Å². The normalized spacial score (nSPS) is 14.7. The molecule has 0 amide bonds. The molecule has 11 heteroatoms. The number of aromatic nitrogens is 2. The van der Waals surface area contributed by atoms with Crippen LogP contribution in [0.4, 0.5) is 0 Å². The van der Waals surface area contributed by atoms with Crippen LogP contribution in [-0.2, 0) is 20.8 Å². The zero-order valence-corrected chi connectivity index (χ0v) is 28.5. The largest absolute Gasteiger partial charge is 0.493 e. The molecule has 1 aliphatic rings. The number of allylic oxidation sites excluding steroid dienone is 1. The van der Waals surface area contributed by atoms with Gasteiger partial charge in [-0.1, -0.05) is 83.9 Å². The van der Waals surface area contributed by atoms with Gasteiger partial charge in [0, 0.05) is 51.9 Å². The Morgan fingerprint density at radius 1 is 1.04 bits per heavy atom. The second-order valence-corrected chi connectivity index (χ2v) is 12.9. The van der Waals surface area contributed by atoms with Gasteiger partial charge >= 0.3 is 5.97 Å². The fraction of sp³-hybridized carbons (Fsp3) is 0.250. The molecule has 5 aromatic rings. The summed E-state index contributed by atoms with van der Waals surface area (Å²) in [6.45, 7) is 5.12. The Labute approximate surface area is 285 Å². The molecule has 0 aliphatic carbocycles. The van der Waals surface area contributed by atoms with Crippen LogP contribution in [0.25, 0.3) is 17.0 Å². The third-order valence-electron chi connectivity index (χ3n) is 7.90. The van der Waals surface area contributed by atoms with Crippen LogP contribution in [0.5, 0.6) is 5.75 Å². The van der Waals surface area contributed by atoms with Crippen molar-refractivity contribution in [3.05, 3.63) is 131 Å². The first-order valence-electron chi connectivity index (χ1n) is 15.2. The van der Waals surface area contributed by atoms with Crippen molar-refractivity contribution < 1.29 is 19.0 Å². The lowest BCUT2D eigenvalue weighted by Gasteiger charge is -2.26. The van der Waals surface area contributed by atoms with Crippen molar-refractivity contribution in [1.82, 2.24) is 9.13 Å². The molecule has 6 rings (SSSR count). The lowest BCUT2D eigenvalue weighted by molar-refractivity contribution is -0.140. The van der Waals surface area contributed by atoms with Crippen molar-refractivity contribution in [2.24, 2.45) is 4.99 Å². The van der Waals surface area contributed by atoms with Gasteiger partial charge < -0.3 is 18.8 Å². The van der Waals surface area contributed by atoms with E-state index in [1.165, 1.54) is 18.4 Å². The molecule has 1 atom stereocenters. The quantitative estimate of drug-likeness (QED) is 0.116. The molecular weight excluding hydrogens is 657 g/mol. The highest BCUT2D eigenvalue weighted by atomic mass is 35.5. The van der Waals surface area contributed by atoms with Gasteiger partial charge in [0.15, 0.2) is 4.80 Å². The monoisotopic (exact) mass is 689 g/mol. The number of carbonyl (C=O) groups is 1. The van der Waals surface area contributed by atoms with Gasteiger partial charge in [-0.15, -0.1) is 0 Å². The molecule has 0 bridgehead atoms. The number of esters is 1. The number of thiazole rings is 1. The first kappa shape index (κ1) is 32.8. The number of methoxy groups -OCH3 is 1. The summed E-state index contributed by atoms with van der Waals surface area (Å²) >= 11 is 13.9. The molecule has 242 valence electrons. The number of fused-ring (bicyclic) bond motifs is 2. The molecule has 0 saturated heterocycles. The SMILES string of the molecule is CCCOc1ccccc1[C@H]1C(C(=O)OCCOC)=C(C)N=c2s/c(=C/c3cn(Cc4ccc(Cl)cc4Cl)c4ccccc34)c(=O)n21. The Morgan fingerprint density at radius 2 is 1.83 bits per heavy atom. The number of hydrogen-bond acceptors (Lipinski definition) is 7. The molecular formula is C36H33Cl2N3O5S. The van der Waals surface area contributed by atoms with Crippen LogP contribution < -0.4 is 19.6 Å². The lowest BCUT2D eigenvalue weighted by atomic mass is 9.95. The molecule has 8 nitrogen and oxygen atoms in total. The Kier molecular flexibility index (Phi) is 9.98. The maximum Gasteiger partial charge on any atom is 0.338 e. The van der Waals surface area contributed by atoms with Crippen molar-refractivity contribution in [1.29, 1.82) is 0 Å². The first-order valence-corrected chi connectivity index (χ1v) is 16.8. The van der Waals surface area contributed by atoms with Crippen LogP contribution in [0.1, 0.15) is 43.0 Å². The number of benzene rings is 3. The van der Waals surface area contributed by atoms with Crippen LogP contribution in [0.15, 0.2) is 94.0 Å². The minimum Gasteiger partial charge on any atom is -0.493 e. The molecule has 0 fully saturated rings. The number of hydrogen-bond donors (Lipinski definition) is 0. The van der Waals surface area contributed by atoms with Crippen LogP contribution in [-0.4, -0.2) is 42.0 Å². The van der Waals surface area contributed by atoms with Gasteiger partial charge in [0.25, 0.3) is 5.56 Å². The van der Waals surface area contributed by atoms with E-state index < -0.39 is 12.0 Å². The number of ether oxygens (including phenoxy) is 3. The van der Waals surface area contributed by atoms with Gasteiger partial charge in [-0.3, -0.25) is 9.36 Å². The predicted molar refractivity (Wildman–Crippen MR) is 186 cm³/mol. The average molecular weight is 691 g/mol. The Morgan fingerprint density at radius 3 is 2.62 bits per heavy atom. The van der Waals surface area contributed by atoms with Gasteiger partial charge in [0.2, 0.25) is 0 Å². The predicted octanol–water partition coefficient (Wildman–Crippen LogP) is 6.52. The number of para-hydroxylation sites is 2. The molecule has 0 saturated carbocycles. The third-order valence-corrected chi connectivity index (χ3v) is 9.47. The van der Waals surface area contributed by atoms with Crippen molar-refractivity contribution >= 4 is 57.5 Å². The van der Waals surface area contributed by atoms with Crippen LogP contribution in [0.3, 0.4) is 0 Å². The van der Waals surface area contributed by atoms with E-state index in [9.17, 15) is 9.59 Å². The number of rotatable bonds is 11. The Hall–Kier alpha value is -4.15. The van der Waals surface area contributed by atoms with Gasteiger partial charge in [-0.25, -0.2) is 9.79 Å². The fourth-order valence-corrected chi connectivity index (χ4v) is 7.22. The summed E-state index contributed by atoms with van der Waals surface area (Å²) in [5, 5.41) is 2.14. The lowest BCUT2D eigenvalue weighted by Crippen LogP contribution is -2.40. The highest BCUT2D eigenvalue weighted by molar-refractivity contribution is 7.07. The molecule has 3 aromatic carbocycles. The maximum absolute atomic E-state index is 14.4. The molecule has 3 heterocycles. The van der Waals surface area contributed by atoms with E-state index in [4.69, 9.17) is 42.4 Å².